The number of furan rings is 1. The molecule has 3 heterocycles. The van der Waals surface area contributed by atoms with E-state index in [0.29, 0.717) is 53.6 Å². The van der Waals surface area contributed by atoms with Crippen LogP contribution in [-0.2, 0) is 9.53 Å². The van der Waals surface area contributed by atoms with Gasteiger partial charge in [0, 0.05) is 16.6 Å². The molecule has 14 heteroatoms. The van der Waals surface area contributed by atoms with Crippen molar-refractivity contribution in [3.8, 4) is 28.6 Å². The molecule has 4 aromatic rings. The van der Waals surface area contributed by atoms with Crippen molar-refractivity contribution in [1.29, 1.82) is 0 Å². The van der Waals surface area contributed by atoms with E-state index < -0.39 is 22.5 Å². The quantitative estimate of drug-likeness (QED) is 0.139. The van der Waals surface area contributed by atoms with E-state index in [1.165, 1.54) is 44.1 Å². The highest BCUT2D eigenvalue weighted by Crippen LogP contribution is 2.41. The average molecular weight is 685 g/mol. The maximum absolute atomic E-state index is 14.0. The first-order valence-electron chi connectivity index (χ1n) is 13.2. The van der Waals surface area contributed by atoms with E-state index in [0.717, 1.165) is 11.3 Å². The van der Waals surface area contributed by atoms with Crippen molar-refractivity contribution < 1.29 is 33.1 Å². The summed E-state index contributed by atoms with van der Waals surface area (Å²) in [6.07, 6.45) is 1.58. The van der Waals surface area contributed by atoms with Gasteiger partial charge in [-0.1, -0.05) is 27.3 Å². The number of nitrogens with zero attached hydrogens (tertiary/aromatic N) is 3. The summed E-state index contributed by atoms with van der Waals surface area (Å²) < 4.78 is 30.0. The topological polar surface area (TPSA) is 145 Å². The molecular formula is C30H26BrN3O9S. The monoisotopic (exact) mass is 683 g/mol. The Bertz CT molecular complexity index is 2010. The normalized spacial score (nSPS) is 14.6. The molecule has 0 aliphatic carbocycles. The maximum atomic E-state index is 14.0. The van der Waals surface area contributed by atoms with Crippen LogP contribution < -0.4 is 29.1 Å². The molecule has 0 saturated carbocycles. The van der Waals surface area contributed by atoms with Gasteiger partial charge in [0.05, 0.1) is 66.3 Å². The third-order valence-corrected chi connectivity index (χ3v) is 8.55. The van der Waals surface area contributed by atoms with Gasteiger partial charge in [-0.2, -0.15) is 0 Å². The number of fused-ring (bicyclic) bond motifs is 1. The van der Waals surface area contributed by atoms with Gasteiger partial charge in [-0.25, -0.2) is 9.79 Å². The fourth-order valence-electron chi connectivity index (χ4n) is 4.87. The minimum Gasteiger partial charge on any atom is -0.496 e. The van der Waals surface area contributed by atoms with E-state index in [-0.39, 0.29) is 23.6 Å². The molecule has 1 atom stereocenters. The van der Waals surface area contributed by atoms with Crippen LogP contribution in [0.1, 0.15) is 31.2 Å². The summed E-state index contributed by atoms with van der Waals surface area (Å²) in [6, 6.07) is 10.1. The van der Waals surface area contributed by atoms with Crippen LogP contribution >= 0.6 is 27.3 Å². The number of benzene rings is 2. The van der Waals surface area contributed by atoms with Crippen LogP contribution in [0.2, 0.25) is 0 Å². The Labute approximate surface area is 262 Å². The number of carbonyl (C=O) groups is 1. The molecule has 0 saturated heterocycles. The lowest BCUT2D eigenvalue weighted by Crippen LogP contribution is -2.40. The molecule has 5 rings (SSSR count). The summed E-state index contributed by atoms with van der Waals surface area (Å²) in [5.74, 6) is 1.30. The highest BCUT2D eigenvalue weighted by molar-refractivity contribution is 9.10. The summed E-state index contributed by atoms with van der Waals surface area (Å²) in [5, 5.41) is 11.2. The number of aromatic nitrogens is 1. The molecule has 1 aliphatic rings. The number of rotatable bonds is 9. The van der Waals surface area contributed by atoms with Crippen molar-refractivity contribution in [3.05, 3.63) is 99.3 Å². The third-order valence-electron chi connectivity index (χ3n) is 6.88. The predicted molar refractivity (Wildman–Crippen MR) is 165 cm³/mol. The number of non-ortho nitro benzene ring substituents is 1. The SMILES string of the molecule is CCOC(=O)C1=C(C)N=c2s/c(=C\c3ccc(-c4ccc([N+](=O)[O-])cc4OC)o3)c(=O)n2C1c1cc(OC)c(OC)cc1Br. The molecule has 2 aromatic carbocycles. The second kappa shape index (κ2) is 12.5. The van der Waals surface area contributed by atoms with E-state index in [1.54, 1.807) is 44.2 Å². The Morgan fingerprint density at radius 3 is 2.48 bits per heavy atom. The zero-order valence-corrected chi connectivity index (χ0v) is 26.6. The van der Waals surface area contributed by atoms with Gasteiger partial charge in [0.1, 0.15) is 17.3 Å². The van der Waals surface area contributed by atoms with Crippen LogP contribution in [-0.4, -0.2) is 43.4 Å². The van der Waals surface area contributed by atoms with Gasteiger partial charge in [-0.15, -0.1) is 0 Å². The Morgan fingerprint density at radius 1 is 1.11 bits per heavy atom. The average Bonchev–Trinajstić information content (AvgIpc) is 3.59. The van der Waals surface area contributed by atoms with Crippen molar-refractivity contribution in [2.75, 3.05) is 27.9 Å². The second-order valence-corrected chi connectivity index (χ2v) is 11.2. The second-order valence-electron chi connectivity index (χ2n) is 9.37. The molecule has 44 heavy (non-hydrogen) atoms. The van der Waals surface area contributed by atoms with Crippen molar-refractivity contribution in [2.45, 2.75) is 19.9 Å². The summed E-state index contributed by atoms with van der Waals surface area (Å²) in [7, 11) is 4.42. The van der Waals surface area contributed by atoms with E-state index in [2.05, 4.69) is 20.9 Å². The third kappa shape index (κ3) is 5.53. The lowest BCUT2D eigenvalue weighted by Gasteiger charge is -2.26. The first-order chi connectivity index (χ1) is 21.1. The Hall–Kier alpha value is -4.69. The number of hydrogen-bond donors (Lipinski definition) is 0. The number of ether oxygens (including phenoxy) is 4. The van der Waals surface area contributed by atoms with E-state index >= 15 is 0 Å². The molecule has 1 unspecified atom stereocenters. The standard InChI is InChI=1S/C30H26BrN3O9S/c1-6-42-29(36)26-15(2)32-30-33(27(26)19-13-23(40-4)24(41-5)14-20(19)31)28(35)25(44-30)12-17-8-10-21(43-17)18-9-7-16(34(37)38)11-22(18)39-3/h7-14,27H,6H2,1-5H3/b25-12-. The maximum Gasteiger partial charge on any atom is 0.338 e. The van der Waals surface area contributed by atoms with E-state index in [1.807, 2.05) is 0 Å². The van der Waals surface area contributed by atoms with Crippen LogP contribution in [0.25, 0.3) is 17.4 Å². The molecular weight excluding hydrogens is 658 g/mol. The smallest absolute Gasteiger partial charge is 0.338 e. The van der Waals surface area contributed by atoms with Gasteiger partial charge in [0.2, 0.25) is 0 Å². The van der Waals surface area contributed by atoms with Crippen LogP contribution in [0, 0.1) is 10.1 Å². The van der Waals surface area contributed by atoms with Gasteiger partial charge in [-0.05, 0) is 49.7 Å². The van der Waals surface area contributed by atoms with Crippen molar-refractivity contribution in [1.82, 2.24) is 4.57 Å². The number of carbonyl (C=O) groups excluding carboxylic acids is 1. The summed E-state index contributed by atoms with van der Waals surface area (Å²) in [6.45, 7) is 3.54. The molecule has 0 fully saturated rings. The number of esters is 1. The summed E-state index contributed by atoms with van der Waals surface area (Å²) in [4.78, 5) is 42.9. The minimum atomic E-state index is -0.891. The Kier molecular flexibility index (Phi) is 8.74. The first-order valence-corrected chi connectivity index (χ1v) is 14.8. The number of hydrogen-bond acceptors (Lipinski definition) is 11. The minimum absolute atomic E-state index is 0.119. The molecule has 0 spiro atoms. The van der Waals surface area contributed by atoms with Crippen LogP contribution in [0.5, 0.6) is 17.2 Å². The fraction of sp³-hybridized carbons (Fsp3) is 0.233. The number of halogens is 1. The summed E-state index contributed by atoms with van der Waals surface area (Å²) >= 11 is 4.72. The molecule has 0 bridgehead atoms. The number of methoxy groups -OCH3 is 3. The molecule has 0 amide bonds. The first kappa shape index (κ1) is 30.8. The van der Waals surface area contributed by atoms with Crippen molar-refractivity contribution in [2.24, 2.45) is 4.99 Å². The lowest BCUT2D eigenvalue weighted by molar-refractivity contribution is -0.384. The number of nitro benzene ring substituents is 1. The van der Waals surface area contributed by atoms with Gasteiger partial charge in [0.15, 0.2) is 16.3 Å². The van der Waals surface area contributed by atoms with Gasteiger partial charge in [-0.3, -0.25) is 19.5 Å². The fourth-order valence-corrected chi connectivity index (χ4v) is 6.43. The van der Waals surface area contributed by atoms with Crippen molar-refractivity contribution >= 4 is 45.0 Å². The largest absolute Gasteiger partial charge is 0.496 e. The Morgan fingerprint density at radius 2 is 1.82 bits per heavy atom. The highest BCUT2D eigenvalue weighted by atomic mass is 79.9. The van der Waals surface area contributed by atoms with Crippen LogP contribution in [0.3, 0.4) is 0 Å². The molecule has 0 N–H and O–H groups in total. The zero-order valence-electron chi connectivity index (χ0n) is 24.2. The van der Waals surface area contributed by atoms with Gasteiger partial charge < -0.3 is 23.4 Å². The van der Waals surface area contributed by atoms with Crippen LogP contribution in [0.4, 0.5) is 5.69 Å². The molecule has 0 radical (unpaired) electrons. The lowest BCUT2D eigenvalue weighted by atomic mass is 9.95. The van der Waals surface area contributed by atoms with E-state index in [4.69, 9.17) is 23.4 Å². The molecule has 1 aliphatic heterocycles. The molecule has 12 nitrogen and oxygen atoms in total. The predicted octanol–water partition coefficient (Wildman–Crippen LogP) is 4.75. The Balaban J connectivity index is 1.66. The molecule has 2 aromatic heterocycles. The summed E-state index contributed by atoms with van der Waals surface area (Å²) in [5.41, 5.74) is 1.18. The van der Waals surface area contributed by atoms with Crippen LogP contribution in [0.15, 0.2) is 72.4 Å². The van der Waals surface area contributed by atoms with Gasteiger partial charge in [0.25, 0.3) is 11.2 Å². The zero-order chi connectivity index (χ0) is 31.7. The van der Waals surface area contributed by atoms with E-state index in [9.17, 15) is 19.7 Å². The number of allylic oxidation sites excluding steroid dienone is 1. The molecule has 228 valence electrons. The number of thiazole rings is 1. The van der Waals surface area contributed by atoms with Crippen molar-refractivity contribution in [3.63, 3.8) is 0 Å². The number of nitro groups is 1. The highest BCUT2D eigenvalue weighted by Gasteiger charge is 2.35. The van der Waals surface area contributed by atoms with Gasteiger partial charge >= 0.3 is 5.97 Å².